The molecule has 0 aromatic heterocycles. The zero-order valence-electron chi connectivity index (χ0n) is 20.4. The Kier molecular flexibility index (Phi) is 5.66. The fourth-order valence-electron chi connectivity index (χ4n) is 5.23. The van der Waals surface area contributed by atoms with Crippen molar-refractivity contribution in [2.45, 2.75) is 25.6 Å². The molecule has 36 heavy (non-hydrogen) atoms. The number of ether oxygens (including phenoxy) is 1. The highest BCUT2D eigenvalue weighted by Crippen LogP contribution is 2.57. The van der Waals surface area contributed by atoms with E-state index >= 15 is 4.57 Å². The number of rotatable bonds is 4. The van der Waals surface area contributed by atoms with E-state index in [1.165, 1.54) is 0 Å². The molecule has 0 saturated heterocycles. The summed E-state index contributed by atoms with van der Waals surface area (Å²) in [6, 6.07) is 35.0. The van der Waals surface area contributed by atoms with Crippen LogP contribution in [-0.2, 0) is 4.57 Å². The molecule has 1 aliphatic carbocycles. The van der Waals surface area contributed by atoms with Crippen LogP contribution in [0.5, 0.6) is 5.75 Å². The normalized spacial score (nSPS) is 22.1. The maximum atomic E-state index is 15.2. The number of fused-ring (bicyclic) bond motifs is 2. The Morgan fingerprint density at radius 1 is 0.750 bits per heavy atom. The largest absolute Gasteiger partial charge is 0.484 e. The maximum Gasteiger partial charge on any atom is 0.157 e. The van der Waals surface area contributed by atoms with Gasteiger partial charge in [-0.15, -0.1) is 0 Å². The highest BCUT2D eigenvalue weighted by atomic mass is 31.2. The van der Waals surface area contributed by atoms with Gasteiger partial charge in [0, 0.05) is 22.4 Å². The molecule has 4 heteroatoms. The van der Waals surface area contributed by atoms with E-state index in [1.54, 1.807) is 0 Å². The number of benzene rings is 4. The minimum atomic E-state index is -3.02. The van der Waals surface area contributed by atoms with Crippen molar-refractivity contribution in [3.63, 3.8) is 0 Å². The van der Waals surface area contributed by atoms with Crippen molar-refractivity contribution < 1.29 is 9.30 Å². The van der Waals surface area contributed by atoms with Gasteiger partial charge in [0.25, 0.3) is 0 Å². The second kappa shape index (κ2) is 9.00. The molecule has 3 atom stereocenters. The van der Waals surface area contributed by atoms with E-state index in [4.69, 9.17) is 4.74 Å². The second-order valence-electron chi connectivity index (χ2n) is 9.49. The Morgan fingerprint density at radius 2 is 1.36 bits per heavy atom. The predicted octanol–water partition coefficient (Wildman–Crippen LogP) is 7.42. The van der Waals surface area contributed by atoms with E-state index in [2.05, 4.69) is 66.4 Å². The van der Waals surface area contributed by atoms with Gasteiger partial charge in [0.2, 0.25) is 0 Å². The van der Waals surface area contributed by atoms with Crippen LogP contribution in [-0.4, -0.2) is 11.8 Å². The third-order valence-electron chi connectivity index (χ3n) is 6.99. The van der Waals surface area contributed by atoms with Gasteiger partial charge in [-0.05, 0) is 80.6 Å². The molecule has 4 aromatic carbocycles. The second-order valence-corrected chi connectivity index (χ2v) is 12.4. The summed E-state index contributed by atoms with van der Waals surface area (Å²) in [6.07, 6.45) is 6.01. The van der Waals surface area contributed by atoms with Crippen molar-refractivity contribution in [1.82, 2.24) is 0 Å². The van der Waals surface area contributed by atoms with Crippen LogP contribution in [0.3, 0.4) is 0 Å². The van der Waals surface area contributed by atoms with Crippen molar-refractivity contribution in [2.24, 2.45) is 0 Å². The zero-order chi connectivity index (χ0) is 24.7. The summed E-state index contributed by atoms with van der Waals surface area (Å²) in [6.45, 7) is 4.10. The SMILES string of the molecule is CC1=CC2C(C=C1)Oc1ccc(C)cc1P2(=O)c1ccc(N(c2ccccc2)c2ccccc2)cc1. The van der Waals surface area contributed by atoms with Gasteiger partial charge in [-0.2, -0.15) is 0 Å². The lowest BCUT2D eigenvalue weighted by molar-refractivity contribution is 0.249. The number of hydrogen-bond acceptors (Lipinski definition) is 3. The van der Waals surface area contributed by atoms with Crippen LogP contribution in [0.4, 0.5) is 17.1 Å². The third kappa shape index (κ3) is 3.81. The van der Waals surface area contributed by atoms with Gasteiger partial charge in [-0.25, -0.2) is 0 Å². The average molecular weight is 490 g/mol. The lowest BCUT2D eigenvalue weighted by atomic mass is 10.1. The Hall–Kier alpha value is -3.81. The first kappa shape index (κ1) is 22.6. The molecule has 1 heterocycles. The highest BCUT2D eigenvalue weighted by Gasteiger charge is 2.47. The summed E-state index contributed by atoms with van der Waals surface area (Å²) in [5.74, 6) is 0.724. The first-order valence-electron chi connectivity index (χ1n) is 12.3. The molecule has 0 fully saturated rings. The molecule has 0 spiro atoms. The lowest BCUT2D eigenvalue weighted by Gasteiger charge is -2.39. The van der Waals surface area contributed by atoms with Crippen molar-refractivity contribution in [1.29, 1.82) is 0 Å². The molecule has 2 aliphatic rings. The molecule has 1 aliphatic heterocycles. The van der Waals surface area contributed by atoms with E-state index in [0.29, 0.717) is 0 Å². The standard InChI is InChI=1S/C32H28NO2P/c1-23-13-19-29-31(21-23)36(34,32-22-24(2)14-20-30(32)35-29)28-17-15-27(16-18-28)33(25-9-5-3-6-10-25)26-11-7-4-8-12-26/h3-22,29,31H,1-2H3. The zero-order valence-corrected chi connectivity index (χ0v) is 21.3. The quantitative estimate of drug-likeness (QED) is 0.279. The minimum absolute atomic E-state index is 0.220. The van der Waals surface area contributed by atoms with Gasteiger partial charge in [-0.1, -0.05) is 65.8 Å². The number of anilines is 3. The fraction of sp³-hybridized carbons (Fsp3) is 0.125. The van der Waals surface area contributed by atoms with Crippen LogP contribution < -0.4 is 20.2 Å². The third-order valence-corrected chi connectivity index (χ3v) is 10.4. The summed E-state index contributed by atoms with van der Waals surface area (Å²) >= 11 is 0. The van der Waals surface area contributed by atoms with Gasteiger partial charge in [-0.3, -0.25) is 0 Å². The van der Waals surface area contributed by atoms with E-state index in [1.807, 2.05) is 73.7 Å². The van der Waals surface area contributed by atoms with Crippen LogP contribution in [0, 0.1) is 6.92 Å². The van der Waals surface area contributed by atoms with Gasteiger partial charge < -0.3 is 14.2 Å². The fourth-order valence-corrected chi connectivity index (χ4v) is 8.64. The first-order valence-corrected chi connectivity index (χ1v) is 14.1. The van der Waals surface area contributed by atoms with Gasteiger partial charge >= 0.3 is 0 Å². The van der Waals surface area contributed by atoms with Gasteiger partial charge in [0.1, 0.15) is 11.9 Å². The molecule has 178 valence electrons. The van der Waals surface area contributed by atoms with Crippen molar-refractivity contribution in [3.8, 4) is 5.75 Å². The first-order chi connectivity index (χ1) is 17.5. The molecule has 4 aromatic rings. The summed E-state index contributed by atoms with van der Waals surface area (Å²) in [4.78, 5) is 2.22. The van der Waals surface area contributed by atoms with Crippen LogP contribution >= 0.6 is 7.14 Å². The molecule has 0 amide bonds. The van der Waals surface area contributed by atoms with Crippen LogP contribution in [0.2, 0.25) is 0 Å². The van der Waals surface area contributed by atoms with E-state index in [9.17, 15) is 0 Å². The number of hydrogen-bond donors (Lipinski definition) is 0. The maximum absolute atomic E-state index is 15.2. The summed E-state index contributed by atoms with van der Waals surface area (Å²) < 4.78 is 21.5. The predicted molar refractivity (Wildman–Crippen MR) is 150 cm³/mol. The Bertz CT molecular complexity index is 1470. The van der Waals surface area contributed by atoms with Crippen molar-refractivity contribution in [2.75, 3.05) is 4.90 Å². The summed E-state index contributed by atoms with van der Waals surface area (Å²) in [5, 5.41) is 1.68. The van der Waals surface area contributed by atoms with Crippen LogP contribution in [0.15, 0.2) is 127 Å². The molecule has 3 nitrogen and oxygen atoms in total. The molecule has 6 rings (SSSR count). The topological polar surface area (TPSA) is 29.5 Å². The molecular weight excluding hydrogens is 461 g/mol. The smallest absolute Gasteiger partial charge is 0.157 e. The molecule has 0 radical (unpaired) electrons. The minimum Gasteiger partial charge on any atom is -0.484 e. The molecule has 0 N–H and O–H groups in total. The van der Waals surface area contributed by atoms with Crippen LogP contribution in [0.1, 0.15) is 12.5 Å². The van der Waals surface area contributed by atoms with Crippen molar-refractivity contribution in [3.05, 3.63) is 132 Å². The number of aryl methyl sites for hydroxylation is 1. The van der Waals surface area contributed by atoms with E-state index in [-0.39, 0.29) is 11.8 Å². The van der Waals surface area contributed by atoms with Gasteiger partial charge in [0.15, 0.2) is 7.14 Å². The van der Waals surface area contributed by atoms with E-state index < -0.39 is 7.14 Å². The Morgan fingerprint density at radius 3 is 2.00 bits per heavy atom. The molecular formula is C32H28NO2P. The number of allylic oxidation sites excluding steroid dienone is 2. The summed E-state index contributed by atoms with van der Waals surface area (Å²) in [7, 11) is -3.02. The summed E-state index contributed by atoms with van der Waals surface area (Å²) in [5.41, 5.74) is 5.15. The monoisotopic (exact) mass is 489 g/mol. The lowest BCUT2D eigenvalue weighted by Crippen LogP contribution is -2.42. The van der Waals surface area contributed by atoms with Crippen molar-refractivity contribution >= 4 is 34.8 Å². The molecule has 0 bridgehead atoms. The molecule has 3 unspecified atom stereocenters. The molecule has 0 saturated carbocycles. The van der Waals surface area contributed by atoms with E-state index in [0.717, 1.165) is 44.6 Å². The average Bonchev–Trinajstić information content (AvgIpc) is 2.91. The Balaban J connectivity index is 1.48. The number of nitrogens with zero attached hydrogens (tertiary/aromatic N) is 1. The highest BCUT2D eigenvalue weighted by molar-refractivity contribution is 7.79. The Labute approximate surface area is 212 Å². The number of para-hydroxylation sites is 2. The van der Waals surface area contributed by atoms with Crippen LogP contribution in [0.25, 0.3) is 0 Å². The van der Waals surface area contributed by atoms with Gasteiger partial charge in [0.05, 0.1) is 11.0 Å².